The number of carbonyl (C=O) groups excluding carboxylic acids is 2. The van der Waals surface area contributed by atoms with Crippen molar-refractivity contribution >= 4 is 23.7 Å². The predicted octanol–water partition coefficient (Wildman–Crippen LogP) is 3.86. The molecule has 9 nitrogen and oxygen atoms in total. The van der Waals surface area contributed by atoms with E-state index in [-0.39, 0.29) is 29.9 Å². The maximum absolute atomic E-state index is 13.3. The predicted molar refractivity (Wildman–Crippen MR) is 128 cm³/mol. The average molecular weight is 475 g/mol. The molecule has 9 heteroatoms. The summed E-state index contributed by atoms with van der Waals surface area (Å²) in [6.45, 7) is 1.61. The number of nitrogens with one attached hydrogen (secondary N) is 1. The molecule has 2 amide bonds. The quantitative estimate of drug-likeness (QED) is 0.538. The topological polar surface area (TPSA) is 114 Å². The highest BCUT2D eigenvalue weighted by Crippen LogP contribution is 2.44. The summed E-state index contributed by atoms with van der Waals surface area (Å²) in [5.74, 6) is -1.67. The van der Waals surface area contributed by atoms with Gasteiger partial charge in [0, 0.05) is 19.0 Å². The molecule has 1 unspecified atom stereocenters. The zero-order chi connectivity index (χ0) is 24.7. The van der Waals surface area contributed by atoms with Gasteiger partial charge in [-0.25, -0.2) is 9.59 Å². The zero-order valence-corrected chi connectivity index (χ0v) is 19.5. The summed E-state index contributed by atoms with van der Waals surface area (Å²) in [6, 6.07) is 15.0. The fourth-order valence-corrected chi connectivity index (χ4v) is 4.78. The molecule has 0 saturated heterocycles. The summed E-state index contributed by atoms with van der Waals surface area (Å²) < 4.78 is 6.93. The second-order valence-corrected chi connectivity index (χ2v) is 8.94. The van der Waals surface area contributed by atoms with E-state index in [1.165, 1.54) is 22.7 Å². The molecule has 2 N–H and O–H groups in total. The van der Waals surface area contributed by atoms with Gasteiger partial charge in [0.1, 0.15) is 18.3 Å². The van der Waals surface area contributed by atoms with Gasteiger partial charge in [-0.2, -0.15) is 5.10 Å². The van der Waals surface area contributed by atoms with Crippen molar-refractivity contribution < 1.29 is 24.2 Å². The number of anilines is 1. The van der Waals surface area contributed by atoms with Gasteiger partial charge in [0.05, 0.1) is 11.9 Å². The van der Waals surface area contributed by atoms with E-state index in [0.29, 0.717) is 0 Å². The van der Waals surface area contributed by atoms with E-state index in [1.54, 1.807) is 7.05 Å². The van der Waals surface area contributed by atoms with Crippen LogP contribution in [0.4, 0.5) is 10.5 Å². The molecule has 0 aliphatic heterocycles. The molecule has 0 spiro atoms. The van der Waals surface area contributed by atoms with Crippen molar-refractivity contribution in [2.24, 2.45) is 7.05 Å². The van der Waals surface area contributed by atoms with Crippen molar-refractivity contribution in [1.82, 2.24) is 14.7 Å². The van der Waals surface area contributed by atoms with Crippen LogP contribution in [-0.4, -0.2) is 56.4 Å². The van der Waals surface area contributed by atoms with Crippen LogP contribution >= 0.6 is 0 Å². The van der Waals surface area contributed by atoms with Crippen LogP contribution in [0.15, 0.2) is 54.7 Å². The molecule has 1 aromatic heterocycles. The van der Waals surface area contributed by atoms with Crippen LogP contribution in [0.25, 0.3) is 11.1 Å². The molecule has 1 heterocycles. The highest BCUT2D eigenvalue weighted by molar-refractivity contribution is 6.02. The number of carboxylic acids is 1. The molecular formula is C26H26N4O5. The smallest absolute Gasteiger partial charge is 0.411 e. The largest absolute Gasteiger partial charge is 0.480 e. The number of hydrogen-bond acceptors (Lipinski definition) is 5. The lowest BCUT2D eigenvalue weighted by Crippen LogP contribution is -2.45. The van der Waals surface area contributed by atoms with Crippen LogP contribution in [0.1, 0.15) is 47.3 Å². The number of nitrogens with zero attached hydrogens (tertiary/aromatic N) is 3. The van der Waals surface area contributed by atoms with E-state index >= 15 is 0 Å². The van der Waals surface area contributed by atoms with E-state index < -0.39 is 24.0 Å². The molecule has 5 rings (SSSR count). The maximum Gasteiger partial charge on any atom is 0.411 e. The second kappa shape index (κ2) is 8.90. The first-order chi connectivity index (χ1) is 16.9. The molecule has 1 fully saturated rings. The molecule has 180 valence electrons. The van der Waals surface area contributed by atoms with Crippen molar-refractivity contribution in [2.75, 3.05) is 11.9 Å². The van der Waals surface area contributed by atoms with E-state index in [0.717, 1.165) is 35.1 Å². The lowest BCUT2D eigenvalue weighted by atomic mass is 9.98. The molecule has 1 atom stereocenters. The first-order valence-corrected chi connectivity index (χ1v) is 11.6. The first-order valence-electron chi connectivity index (χ1n) is 11.6. The van der Waals surface area contributed by atoms with Gasteiger partial charge in [-0.05, 0) is 42.0 Å². The number of aliphatic carboxylic acids is 1. The SMILES string of the molecule is CC(C(=O)O)N(C(=O)c1c(NC(=O)OCC2c3ccccc3-c3ccccc32)cnn1C)C1CC1. The van der Waals surface area contributed by atoms with Gasteiger partial charge in [0.25, 0.3) is 5.91 Å². The molecule has 3 aromatic rings. The maximum atomic E-state index is 13.3. The summed E-state index contributed by atoms with van der Waals surface area (Å²) in [5.41, 5.74) is 4.74. The van der Waals surface area contributed by atoms with Crippen LogP contribution in [0, 0.1) is 0 Å². The Balaban J connectivity index is 1.31. The molecule has 2 aromatic carbocycles. The molecular weight excluding hydrogens is 448 g/mol. The minimum atomic E-state index is -1.08. The Bertz CT molecular complexity index is 1270. The van der Waals surface area contributed by atoms with Crippen molar-refractivity contribution in [3.63, 3.8) is 0 Å². The summed E-state index contributed by atoms with van der Waals surface area (Å²) >= 11 is 0. The number of fused-ring (bicyclic) bond motifs is 3. The van der Waals surface area contributed by atoms with E-state index in [4.69, 9.17) is 4.74 Å². The van der Waals surface area contributed by atoms with Gasteiger partial charge in [-0.3, -0.25) is 14.8 Å². The summed E-state index contributed by atoms with van der Waals surface area (Å²) in [4.78, 5) is 39.0. The summed E-state index contributed by atoms with van der Waals surface area (Å²) in [6.07, 6.45) is 2.15. The van der Waals surface area contributed by atoms with Gasteiger partial charge in [-0.15, -0.1) is 0 Å². The Labute approximate surface area is 202 Å². The van der Waals surface area contributed by atoms with Gasteiger partial charge < -0.3 is 14.7 Å². The second-order valence-electron chi connectivity index (χ2n) is 8.94. The Morgan fingerprint density at radius 1 is 1.11 bits per heavy atom. The third kappa shape index (κ3) is 4.14. The van der Waals surface area contributed by atoms with Crippen LogP contribution in [-0.2, 0) is 16.6 Å². The Hall–Kier alpha value is -4.14. The molecule has 2 aliphatic carbocycles. The fourth-order valence-electron chi connectivity index (χ4n) is 4.78. The van der Waals surface area contributed by atoms with Gasteiger partial charge in [0.2, 0.25) is 0 Å². The van der Waals surface area contributed by atoms with Crippen LogP contribution < -0.4 is 5.32 Å². The molecule has 35 heavy (non-hydrogen) atoms. The third-order valence-corrected chi connectivity index (χ3v) is 6.67. The van der Waals surface area contributed by atoms with E-state index in [1.807, 2.05) is 36.4 Å². The number of rotatable bonds is 7. The van der Waals surface area contributed by atoms with Gasteiger partial charge in [-0.1, -0.05) is 48.5 Å². The fraction of sp³-hybridized carbons (Fsp3) is 0.308. The van der Waals surface area contributed by atoms with Crippen molar-refractivity contribution in [3.05, 3.63) is 71.5 Å². The molecule has 1 saturated carbocycles. The average Bonchev–Trinajstić information content (AvgIpc) is 3.54. The lowest BCUT2D eigenvalue weighted by Gasteiger charge is -2.26. The lowest BCUT2D eigenvalue weighted by molar-refractivity contribution is -0.141. The minimum Gasteiger partial charge on any atom is -0.480 e. The Morgan fingerprint density at radius 3 is 2.29 bits per heavy atom. The first kappa shape index (κ1) is 22.6. The number of ether oxygens (including phenoxy) is 1. The van der Waals surface area contributed by atoms with Crippen molar-refractivity contribution in [2.45, 2.75) is 37.8 Å². The van der Waals surface area contributed by atoms with E-state index in [9.17, 15) is 19.5 Å². The highest BCUT2D eigenvalue weighted by Gasteiger charge is 2.40. The molecule has 0 radical (unpaired) electrons. The standard InChI is InChI=1S/C26H26N4O5/c1-15(25(32)33)30(16-11-12-16)24(31)23-22(13-27-29(23)2)28-26(34)35-14-21-19-9-5-3-7-17(19)18-8-4-6-10-20(18)21/h3-10,13,15-16,21H,11-12,14H2,1-2H3,(H,28,34)(H,32,33). The van der Waals surface area contributed by atoms with Gasteiger partial charge in [0.15, 0.2) is 0 Å². The molecule has 0 bridgehead atoms. The summed E-state index contributed by atoms with van der Waals surface area (Å²) in [5, 5.41) is 16.2. The van der Waals surface area contributed by atoms with Crippen LogP contribution in [0.2, 0.25) is 0 Å². The van der Waals surface area contributed by atoms with Crippen molar-refractivity contribution in [3.8, 4) is 11.1 Å². The normalized spacial score (nSPS) is 15.1. The van der Waals surface area contributed by atoms with Crippen LogP contribution in [0.5, 0.6) is 0 Å². The van der Waals surface area contributed by atoms with Crippen molar-refractivity contribution in [1.29, 1.82) is 0 Å². The number of amides is 2. The number of aryl methyl sites for hydroxylation is 1. The van der Waals surface area contributed by atoms with Gasteiger partial charge >= 0.3 is 12.1 Å². The number of hydrogen-bond donors (Lipinski definition) is 2. The molecule has 2 aliphatic rings. The summed E-state index contributed by atoms with van der Waals surface area (Å²) in [7, 11) is 1.58. The number of carboxylic acid groups (broad SMARTS) is 1. The Kier molecular flexibility index (Phi) is 5.76. The Morgan fingerprint density at radius 2 is 1.71 bits per heavy atom. The zero-order valence-electron chi connectivity index (χ0n) is 19.5. The number of benzene rings is 2. The monoisotopic (exact) mass is 474 g/mol. The highest BCUT2D eigenvalue weighted by atomic mass is 16.5. The third-order valence-electron chi connectivity index (χ3n) is 6.67. The number of aromatic nitrogens is 2. The van der Waals surface area contributed by atoms with E-state index in [2.05, 4.69) is 22.5 Å². The number of carbonyl (C=O) groups is 3. The minimum absolute atomic E-state index is 0.0927. The van der Waals surface area contributed by atoms with Crippen LogP contribution in [0.3, 0.4) is 0 Å².